The van der Waals surface area contributed by atoms with E-state index in [1.807, 2.05) is 6.07 Å². The molecule has 1 amide bonds. The highest BCUT2D eigenvalue weighted by molar-refractivity contribution is 5.96. The van der Waals surface area contributed by atoms with Crippen LogP contribution in [0.5, 0.6) is 0 Å². The lowest BCUT2D eigenvalue weighted by Crippen LogP contribution is -2.34. The van der Waals surface area contributed by atoms with E-state index in [0.717, 1.165) is 61.1 Å². The normalized spacial score (nSPS) is 21.1. The van der Waals surface area contributed by atoms with Crippen LogP contribution in [-0.2, 0) is 5.41 Å². The molecule has 3 aromatic carbocycles. The van der Waals surface area contributed by atoms with Crippen molar-refractivity contribution < 1.29 is 4.79 Å². The standard InChI is InChI=1S/C35H40N4O/c1-24-17-19-28(20-18-24)38-34-36-23-31(32(39-34)35(21-8-9-22-35)27-13-4-3-5-14-27)33(40)37-25(2)29-16-10-12-26-11-6-7-15-30(26)29/h3-7,10-16,23-25,28H,8-9,17-22H2,1-2H3,(H,37,40)(H,36,38,39). The SMILES string of the molecule is CC1CCC(Nc2ncc(C(=O)NC(C)c3cccc4ccccc34)c(C3(c4ccccc4)CCCC3)n2)CC1. The predicted molar refractivity (Wildman–Crippen MR) is 163 cm³/mol. The summed E-state index contributed by atoms with van der Waals surface area (Å²) in [6, 6.07) is 25.5. The monoisotopic (exact) mass is 532 g/mol. The number of aromatic nitrogens is 2. The molecule has 2 N–H and O–H groups in total. The van der Waals surface area contributed by atoms with Gasteiger partial charge in [0.25, 0.3) is 5.91 Å². The minimum absolute atomic E-state index is 0.115. The fraction of sp³-hybridized carbons (Fsp3) is 0.400. The van der Waals surface area contributed by atoms with Gasteiger partial charge in [-0.15, -0.1) is 0 Å². The maximum atomic E-state index is 14.0. The first kappa shape index (κ1) is 26.5. The number of hydrogen-bond donors (Lipinski definition) is 2. The van der Waals surface area contributed by atoms with Crippen LogP contribution in [0.1, 0.15) is 98.4 Å². The molecule has 0 spiro atoms. The van der Waals surface area contributed by atoms with Crippen LogP contribution in [-0.4, -0.2) is 21.9 Å². The van der Waals surface area contributed by atoms with Crippen LogP contribution in [0.15, 0.2) is 79.0 Å². The first-order valence-corrected chi connectivity index (χ1v) is 15.0. The van der Waals surface area contributed by atoms with E-state index in [4.69, 9.17) is 9.97 Å². The molecular formula is C35H40N4O. The summed E-state index contributed by atoms with van der Waals surface area (Å²) in [6.45, 7) is 4.39. The van der Waals surface area contributed by atoms with Crippen LogP contribution in [0, 0.1) is 5.92 Å². The zero-order valence-corrected chi connectivity index (χ0v) is 23.7. The summed E-state index contributed by atoms with van der Waals surface area (Å²) in [5.41, 5.74) is 3.50. The molecule has 5 heteroatoms. The smallest absolute Gasteiger partial charge is 0.255 e. The minimum Gasteiger partial charge on any atom is -0.351 e. The largest absolute Gasteiger partial charge is 0.351 e. The van der Waals surface area contributed by atoms with Gasteiger partial charge in [0.05, 0.1) is 17.3 Å². The third kappa shape index (κ3) is 5.22. The molecule has 1 aromatic heterocycles. The Hall–Kier alpha value is -3.73. The molecule has 2 fully saturated rings. The van der Waals surface area contributed by atoms with Crippen LogP contribution in [0.25, 0.3) is 10.8 Å². The van der Waals surface area contributed by atoms with Gasteiger partial charge in [0, 0.05) is 17.7 Å². The Balaban J connectivity index is 1.36. The van der Waals surface area contributed by atoms with Gasteiger partial charge in [0.15, 0.2) is 0 Å². The van der Waals surface area contributed by atoms with Crippen LogP contribution >= 0.6 is 0 Å². The van der Waals surface area contributed by atoms with Crippen molar-refractivity contribution in [2.75, 3.05) is 5.32 Å². The van der Waals surface area contributed by atoms with Crippen molar-refractivity contribution in [1.82, 2.24) is 15.3 Å². The highest BCUT2D eigenvalue weighted by atomic mass is 16.1. The highest BCUT2D eigenvalue weighted by Crippen LogP contribution is 2.47. The Kier molecular flexibility index (Phi) is 7.55. The number of anilines is 1. The number of hydrogen-bond acceptors (Lipinski definition) is 4. The van der Waals surface area contributed by atoms with E-state index in [1.54, 1.807) is 6.20 Å². The van der Waals surface area contributed by atoms with Crippen molar-refractivity contribution >= 4 is 22.6 Å². The summed E-state index contributed by atoms with van der Waals surface area (Å²) in [6.07, 6.45) is 10.7. The molecule has 2 aliphatic rings. The van der Waals surface area contributed by atoms with E-state index < -0.39 is 0 Å². The lowest BCUT2D eigenvalue weighted by atomic mass is 9.74. The van der Waals surface area contributed by atoms with E-state index in [-0.39, 0.29) is 17.4 Å². The Labute approximate surface area is 237 Å². The topological polar surface area (TPSA) is 66.9 Å². The maximum absolute atomic E-state index is 14.0. The van der Waals surface area contributed by atoms with E-state index in [2.05, 4.69) is 91.2 Å². The number of benzene rings is 3. The van der Waals surface area contributed by atoms with Crippen molar-refractivity contribution in [2.45, 2.75) is 82.7 Å². The Morgan fingerprint density at radius 3 is 2.38 bits per heavy atom. The van der Waals surface area contributed by atoms with E-state index in [9.17, 15) is 4.79 Å². The summed E-state index contributed by atoms with van der Waals surface area (Å²) in [7, 11) is 0. The third-order valence-corrected chi connectivity index (χ3v) is 9.26. The minimum atomic E-state index is -0.295. The molecule has 4 aromatic rings. The molecule has 206 valence electrons. The number of nitrogens with zero attached hydrogens (tertiary/aromatic N) is 2. The molecule has 0 bridgehead atoms. The second-order valence-corrected chi connectivity index (χ2v) is 12.0. The van der Waals surface area contributed by atoms with Gasteiger partial charge in [-0.1, -0.05) is 92.6 Å². The lowest BCUT2D eigenvalue weighted by Gasteiger charge is -2.32. The number of fused-ring (bicyclic) bond motifs is 1. The average molecular weight is 533 g/mol. The summed E-state index contributed by atoms with van der Waals surface area (Å²) in [5.74, 6) is 1.32. The molecule has 1 atom stereocenters. The van der Waals surface area contributed by atoms with Gasteiger partial charge >= 0.3 is 0 Å². The molecular weight excluding hydrogens is 492 g/mol. The van der Waals surface area contributed by atoms with Gasteiger partial charge in [-0.3, -0.25) is 4.79 Å². The molecule has 0 saturated heterocycles. The number of carbonyl (C=O) groups excluding carboxylic acids is 1. The van der Waals surface area contributed by atoms with Gasteiger partial charge in [-0.2, -0.15) is 0 Å². The quantitative estimate of drug-likeness (QED) is 0.253. The molecule has 1 heterocycles. The van der Waals surface area contributed by atoms with Gasteiger partial charge in [0.2, 0.25) is 5.95 Å². The predicted octanol–water partition coefficient (Wildman–Crippen LogP) is 7.97. The molecule has 6 rings (SSSR count). The van der Waals surface area contributed by atoms with Gasteiger partial charge in [-0.25, -0.2) is 9.97 Å². The Bertz CT molecular complexity index is 1460. The molecule has 1 unspecified atom stereocenters. The van der Waals surface area contributed by atoms with Gasteiger partial charge in [0.1, 0.15) is 0 Å². The Morgan fingerprint density at radius 2 is 1.60 bits per heavy atom. The maximum Gasteiger partial charge on any atom is 0.255 e. The van der Waals surface area contributed by atoms with E-state index >= 15 is 0 Å². The molecule has 0 radical (unpaired) electrons. The van der Waals surface area contributed by atoms with Crippen LogP contribution in [0.3, 0.4) is 0 Å². The first-order chi connectivity index (χ1) is 19.5. The van der Waals surface area contributed by atoms with Crippen molar-refractivity contribution in [2.24, 2.45) is 5.92 Å². The molecule has 40 heavy (non-hydrogen) atoms. The Morgan fingerprint density at radius 1 is 0.900 bits per heavy atom. The second kappa shape index (κ2) is 11.4. The fourth-order valence-electron chi connectivity index (χ4n) is 6.95. The molecule has 5 nitrogen and oxygen atoms in total. The second-order valence-electron chi connectivity index (χ2n) is 12.0. The van der Waals surface area contributed by atoms with Crippen LogP contribution < -0.4 is 10.6 Å². The highest BCUT2D eigenvalue weighted by Gasteiger charge is 2.42. The molecule has 0 aliphatic heterocycles. The van der Waals surface area contributed by atoms with E-state index in [1.165, 1.54) is 23.8 Å². The summed E-state index contributed by atoms with van der Waals surface area (Å²) < 4.78 is 0. The third-order valence-electron chi connectivity index (χ3n) is 9.26. The summed E-state index contributed by atoms with van der Waals surface area (Å²) >= 11 is 0. The average Bonchev–Trinajstić information content (AvgIpc) is 3.50. The number of carbonyl (C=O) groups is 1. The van der Waals surface area contributed by atoms with Crippen molar-refractivity contribution in [3.05, 3.63) is 101 Å². The van der Waals surface area contributed by atoms with Crippen molar-refractivity contribution in [3.8, 4) is 0 Å². The zero-order chi connectivity index (χ0) is 27.5. The van der Waals surface area contributed by atoms with Crippen molar-refractivity contribution in [3.63, 3.8) is 0 Å². The van der Waals surface area contributed by atoms with Crippen LogP contribution in [0.2, 0.25) is 0 Å². The summed E-state index contributed by atoms with van der Waals surface area (Å²) in [5, 5.41) is 9.27. The van der Waals surface area contributed by atoms with Crippen LogP contribution in [0.4, 0.5) is 5.95 Å². The molecule has 2 saturated carbocycles. The number of amides is 1. The van der Waals surface area contributed by atoms with E-state index in [0.29, 0.717) is 17.6 Å². The molecule has 2 aliphatic carbocycles. The number of rotatable bonds is 7. The lowest BCUT2D eigenvalue weighted by molar-refractivity contribution is 0.0937. The first-order valence-electron chi connectivity index (χ1n) is 15.0. The summed E-state index contributed by atoms with van der Waals surface area (Å²) in [4.78, 5) is 23.9. The van der Waals surface area contributed by atoms with Gasteiger partial charge < -0.3 is 10.6 Å². The zero-order valence-electron chi connectivity index (χ0n) is 23.7. The van der Waals surface area contributed by atoms with Gasteiger partial charge in [-0.05, 0) is 73.3 Å². The van der Waals surface area contributed by atoms with Crippen molar-refractivity contribution in [1.29, 1.82) is 0 Å². The fourth-order valence-corrected chi connectivity index (χ4v) is 6.95. The number of nitrogens with one attached hydrogen (secondary N) is 2.